The van der Waals surface area contributed by atoms with Gasteiger partial charge in [0.05, 0.1) is 16.6 Å². The van der Waals surface area contributed by atoms with E-state index in [0.29, 0.717) is 6.61 Å². The Labute approximate surface area is 141 Å². The molecule has 122 valence electrons. The number of cyclic esters (lactones) is 1. The minimum absolute atomic E-state index is 0.162. The van der Waals surface area contributed by atoms with E-state index in [2.05, 4.69) is 11.9 Å². The van der Waals surface area contributed by atoms with Crippen molar-refractivity contribution < 1.29 is 9.53 Å². The SMILES string of the molecule is CCCCCCC1COC(=O)N1c1ccc(-c2ccccn2)s1. The highest BCUT2D eigenvalue weighted by atomic mass is 32.1. The Morgan fingerprint density at radius 1 is 1.26 bits per heavy atom. The van der Waals surface area contributed by atoms with Gasteiger partial charge in [-0.3, -0.25) is 9.88 Å². The van der Waals surface area contributed by atoms with Crippen LogP contribution in [0.1, 0.15) is 39.0 Å². The minimum atomic E-state index is -0.222. The normalized spacial score (nSPS) is 17.5. The first kappa shape index (κ1) is 16.0. The third-order valence-corrected chi connectivity index (χ3v) is 5.21. The third-order valence-electron chi connectivity index (χ3n) is 4.10. The van der Waals surface area contributed by atoms with Crippen molar-refractivity contribution in [3.05, 3.63) is 36.5 Å². The molecule has 2 aromatic heterocycles. The van der Waals surface area contributed by atoms with Crippen LogP contribution in [-0.2, 0) is 4.74 Å². The fourth-order valence-corrected chi connectivity index (χ4v) is 3.90. The summed E-state index contributed by atoms with van der Waals surface area (Å²) < 4.78 is 5.28. The summed E-state index contributed by atoms with van der Waals surface area (Å²) in [6, 6.07) is 10.1. The molecule has 0 spiro atoms. The van der Waals surface area contributed by atoms with Crippen LogP contribution in [0.4, 0.5) is 9.80 Å². The fraction of sp³-hybridized carbons (Fsp3) is 0.444. The van der Waals surface area contributed by atoms with Gasteiger partial charge in [-0.15, -0.1) is 11.3 Å². The molecule has 1 saturated heterocycles. The van der Waals surface area contributed by atoms with E-state index in [4.69, 9.17) is 4.74 Å². The predicted octanol–water partition coefficient (Wildman–Crippen LogP) is 5.11. The number of pyridine rings is 1. The fourth-order valence-electron chi connectivity index (χ4n) is 2.85. The summed E-state index contributed by atoms with van der Waals surface area (Å²) in [5.41, 5.74) is 0.941. The maximum absolute atomic E-state index is 12.1. The molecule has 5 heteroatoms. The van der Waals surface area contributed by atoms with Gasteiger partial charge in [-0.2, -0.15) is 0 Å². The highest BCUT2D eigenvalue weighted by Crippen LogP contribution is 2.36. The number of nitrogens with zero attached hydrogens (tertiary/aromatic N) is 2. The van der Waals surface area contributed by atoms with Gasteiger partial charge < -0.3 is 4.74 Å². The molecule has 0 aromatic carbocycles. The van der Waals surface area contributed by atoms with E-state index in [0.717, 1.165) is 28.4 Å². The summed E-state index contributed by atoms with van der Waals surface area (Å²) in [6.45, 7) is 2.71. The van der Waals surface area contributed by atoms with E-state index in [1.54, 1.807) is 17.5 Å². The number of rotatable bonds is 7. The second-order valence-electron chi connectivity index (χ2n) is 5.80. The molecule has 4 nitrogen and oxygen atoms in total. The van der Waals surface area contributed by atoms with Gasteiger partial charge in [-0.1, -0.05) is 38.7 Å². The second-order valence-corrected chi connectivity index (χ2v) is 6.87. The van der Waals surface area contributed by atoms with Crippen molar-refractivity contribution in [1.82, 2.24) is 4.98 Å². The zero-order chi connectivity index (χ0) is 16.1. The maximum atomic E-state index is 12.1. The van der Waals surface area contributed by atoms with Crippen LogP contribution in [0.2, 0.25) is 0 Å². The monoisotopic (exact) mass is 330 g/mol. The van der Waals surface area contributed by atoms with Gasteiger partial charge in [0.25, 0.3) is 0 Å². The Balaban J connectivity index is 1.71. The largest absolute Gasteiger partial charge is 0.447 e. The van der Waals surface area contributed by atoms with Crippen LogP contribution in [0.5, 0.6) is 0 Å². The Morgan fingerprint density at radius 3 is 2.96 bits per heavy atom. The number of hydrogen-bond acceptors (Lipinski definition) is 4. The zero-order valence-electron chi connectivity index (χ0n) is 13.4. The number of anilines is 1. The van der Waals surface area contributed by atoms with Gasteiger partial charge in [-0.25, -0.2) is 4.79 Å². The van der Waals surface area contributed by atoms with Crippen LogP contribution in [0.3, 0.4) is 0 Å². The van der Waals surface area contributed by atoms with Gasteiger partial charge >= 0.3 is 6.09 Å². The van der Waals surface area contributed by atoms with Crippen molar-refractivity contribution in [2.75, 3.05) is 11.5 Å². The van der Waals surface area contributed by atoms with E-state index < -0.39 is 0 Å². The summed E-state index contributed by atoms with van der Waals surface area (Å²) in [5.74, 6) is 0. The lowest BCUT2D eigenvalue weighted by Gasteiger charge is -2.19. The molecule has 1 atom stereocenters. The number of hydrogen-bond donors (Lipinski definition) is 0. The topological polar surface area (TPSA) is 42.4 Å². The average Bonchev–Trinajstić information content (AvgIpc) is 3.19. The predicted molar refractivity (Wildman–Crippen MR) is 93.9 cm³/mol. The molecule has 1 aliphatic heterocycles. The molecule has 0 saturated carbocycles. The van der Waals surface area contributed by atoms with E-state index >= 15 is 0 Å². The Kier molecular flexibility index (Phi) is 5.28. The quantitative estimate of drug-likeness (QED) is 0.663. The van der Waals surface area contributed by atoms with Crippen molar-refractivity contribution in [1.29, 1.82) is 0 Å². The summed E-state index contributed by atoms with van der Waals surface area (Å²) in [4.78, 5) is 19.4. The van der Waals surface area contributed by atoms with Crippen LogP contribution in [0, 0.1) is 0 Å². The van der Waals surface area contributed by atoms with Crippen LogP contribution in [0.25, 0.3) is 10.6 Å². The molecule has 1 unspecified atom stereocenters. The first-order valence-electron chi connectivity index (χ1n) is 8.27. The highest BCUT2D eigenvalue weighted by molar-refractivity contribution is 7.19. The van der Waals surface area contributed by atoms with Gasteiger partial charge in [0.2, 0.25) is 0 Å². The summed E-state index contributed by atoms with van der Waals surface area (Å²) in [5, 5.41) is 0.952. The second kappa shape index (κ2) is 7.59. The Hall–Kier alpha value is -1.88. The van der Waals surface area contributed by atoms with Gasteiger partial charge in [0, 0.05) is 6.20 Å². The van der Waals surface area contributed by atoms with Crippen molar-refractivity contribution in [2.45, 2.75) is 45.1 Å². The summed E-state index contributed by atoms with van der Waals surface area (Å²) >= 11 is 1.60. The molecular formula is C18H22N2O2S. The molecule has 3 rings (SSSR count). The number of unbranched alkanes of at least 4 members (excludes halogenated alkanes) is 3. The van der Waals surface area contributed by atoms with Crippen molar-refractivity contribution in [3.63, 3.8) is 0 Å². The first-order chi connectivity index (χ1) is 11.3. The van der Waals surface area contributed by atoms with E-state index in [1.807, 2.05) is 35.2 Å². The maximum Gasteiger partial charge on any atom is 0.415 e. The van der Waals surface area contributed by atoms with Crippen molar-refractivity contribution in [3.8, 4) is 10.6 Å². The highest BCUT2D eigenvalue weighted by Gasteiger charge is 2.34. The Morgan fingerprint density at radius 2 is 2.17 bits per heavy atom. The number of aromatic nitrogens is 1. The number of thiophene rings is 1. The van der Waals surface area contributed by atoms with Crippen LogP contribution >= 0.6 is 11.3 Å². The third kappa shape index (κ3) is 3.72. The minimum Gasteiger partial charge on any atom is -0.447 e. The molecule has 1 aliphatic rings. The smallest absolute Gasteiger partial charge is 0.415 e. The number of ether oxygens (including phenoxy) is 1. The zero-order valence-corrected chi connectivity index (χ0v) is 14.2. The number of amides is 1. The van der Waals surface area contributed by atoms with Crippen LogP contribution in [-0.4, -0.2) is 23.7 Å². The molecular weight excluding hydrogens is 308 g/mol. The molecule has 2 aromatic rings. The lowest BCUT2D eigenvalue weighted by molar-refractivity contribution is 0.178. The molecule has 3 heterocycles. The van der Waals surface area contributed by atoms with Crippen LogP contribution < -0.4 is 4.90 Å². The first-order valence-corrected chi connectivity index (χ1v) is 9.08. The number of carbonyl (C=O) groups is 1. The van der Waals surface area contributed by atoms with Gasteiger partial charge in [0.1, 0.15) is 11.6 Å². The number of carbonyl (C=O) groups excluding carboxylic acids is 1. The van der Waals surface area contributed by atoms with Crippen molar-refractivity contribution in [2.24, 2.45) is 0 Å². The van der Waals surface area contributed by atoms with Crippen LogP contribution in [0.15, 0.2) is 36.5 Å². The lowest BCUT2D eigenvalue weighted by atomic mass is 10.1. The van der Waals surface area contributed by atoms with Crippen molar-refractivity contribution >= 4 is 22.4 Å². The lowest BCUT2D eigenvalue weighted by Crippen LogP contribution is -2.32. The molecule has 1 amide bonds. The van der Waals surface area contributed by atoms with Gasteiger partial charge in [-0.05, 0) is 30.7 Å². The molecule has 23 heavy (non-hydrogen) atoms. The molecule has 0 bridgehead atoms. The van der Waals surface area contributed by atoms with E-state index in [9.17, 15) is 4.79 Å². The van der Waals surface area contributed by atoms with Gasteiger partial charge in [0.15, 0.2) is 0 Å². The molecule has 0 radical (unpaired) electrons. The van der Waals surface area contributed by atoms with E-state index in [1.165, 1.54) is 19.3 Å². The molecule has 0 N–H and O–H groups in total. The Bertz CT molecular complexity index is 641. The van der Waals surface area contributed by atoms with E-state index in [-0.39, 0.29) is 12.1 Å². The average molecular weight is 330 g/mol. The summed E-state index contributed by atoms with van der Waals surface area (Å²) in [7, 11) is 0. The summed E-state index contributed by atoms with van der Waals surface area (Å²) in [6.07, 6.45) is 7.41. The molecule has 1 fully saturated rings. The molecule has 0 aliphatic carbocycles. The standard InChI is InChI=1S/C18H22N2O2S/c1-2-3-4-5-8-14-13-22-18(21)20(14)17-11-10-16(23-17)15-9-6-7-12-19-15/h6-7,9-12,14H,2-5,8,13H2,1H3.